The van der Waals surface area contributed by atoms with E-state index < -0.39 is 5.82 Å². The lowest BCUT2D eigenvalue weighted by atomic mass is 10.3. The number of amides is 1. The van der Waals surface area contributed by atoms with Crippen LogP contribution in [0.2, 0.25) is 0 Å². The van der Waals surface area contributed by atoms with E-state index in [1.807, 2.05) is 24.3 Å². The predicted octanol–water partition coefficient (Wildman–Crippen LogP) is 2.52. The summed E-state index contributed by atoms with van der Waals surface area (Å²) >= 11 is 1.39. The number of hydrogen-bond donors (Lipinski definition) is 0. The molecule has 0 saturated carbocycles. The van der Waals surface area contributed by atoms with Gasteiger partial charge in [0, 0.05) is 13.0 Å². The first-order valence-electron chi connectivity index (χ1n) is 7.48. The Morgan fingerprint density at radius 1 is 1.29 bits per heavy atom. The van der Waals surface area contributed by atoms with Gasteiger partial charge in [-0.1, -0.05) is 12.1 Å². The van der Waals surface area contributed by atoms with Crippen LogP contribution >= 0.6 is 11.3 Å². The monoisotopic (exact) mass is 344 g/mol. The third kappa shape index (κ3) is 2.92. The Hall–Kier alpha value is -2.61. The molecule has 0 N–H and O–H groups in total. The first kappa shape index (κ1) is 14.9. The van der Waals surface area contributed by atoms with Gasteiger partial charge in [-0.2, -0.15) is 0 Å². The molecule has 1 amide bonds. The Balaban J connectivity index is 1.44. The number of para-hydroxylation sites is 1. The van der Waals surface area contributed by atoms with E-state index in [0.29, 0.717) is 24.5 Å². The fraction of sp³-hybridized carbons (Fsp3) is 0.250. The number of benzene rings is 1. The van der Waals surface area contributed by atoms with Crippen LogP contribution in [0, 0.1) is 5.82 Å². The van der Waals surface area contributed by atoms with E-state index in [2.05, 4.69) is 15.0 Å². The van der Waals surface area contributed by atoms with Crippen LogP contribution in [0.1, 0.15) is 16.2 Å². The molecule has 1 aliphatic heterocycles. The minimum atomic E-state index is -0.513. The zero-order chi connectivity index (χ0) is 16.5. The summed E-state index contributed by atoms with van der Waals surface area (Å²) in [5.74, 6) is -0.608. The number of rotatable bonds is 3. The fourth-order valence-corrected chi connectivity index (χ4v) is 3.55. The second kappa shape index (κ2) is 6.12. The van der Waals surface area contributed by atoms with Crippen LogP contribution in [0.3, 0.4) is 0 Å². The standard InChI is InChI=1S/C16H13FN4O2S/c17-10-7-18-16(19-8-10)23-11-5-6-21(9-11)15(22)14-20-12-3-1-2-4-13(12)24-14/h1-4,7-8,11H,5-6,9H2/t11-/m1/s1. The van der Waals surface area contributed by atoms with Crippen molar-refractivity contribution in [2.24, 2.45) is 0 Å². The van der Waals surface area contributed by atoms with Crippen LogP contribution in [0.5, 0.6) is 6.01 Å². The number of nitrogens with zero attached hydrogens (tertiary/aromatic N) is 4. The first-order chi connectivity index (χ1) is 11.7. The molecule has 6 nitrogen and oxygen atoms in total. The van der Waals surface area contributed by atoms with Crippen molar-refractivity contribution in [2.75, 3.05) is 13.1 Å². The first-order valence-corrected chi connectivity index (χ1v) is 8.30. The Kier molecular flexibility index (Phi) is 3.81. The van der Waals surface area contributed by atoms with Gasteiger partial charge >= 0.3 is 6.01 Å². The second-order valence-corrected chi connectivity index (χ2v) is 6.48. The maximum absolute atomic E-state index is 12.8. The summed E-state index contributed by atoms with van der Waals surface area (Å²) < 4.78 is 19.4. The van der Waals surface area contributed by atoms with Crippen molar-refractivity contribution in [3.63, 3.8) is 0 Å². The van der Waals surface area contributed by atoms with Gasteiger partial charge in [-0.3, -0.25) is 4.79 Å². The molecule has 1 aliphatic rings. The molecule has 0 radical (unpaired) electrons. The lowest BCUT2D eigenvalue weighted by Crippen LogP contribution is -2.31. The molecule has 0 spiro atoms. The molecule has 2 aromatic heterocycles. The van der Waals surface area contributed by atoms with Crippen LogP contribution in [0.15, 0.2) is 36.7 Å². The van der Waals surface area contributed by atoms with Crippen LogP contribution in [-0.2, 0) is 0 Å². The number of thiazole rings is 1. The van der Waals surface area contributed by atoms with Crippen LogP contribution in [-0.4, -0.2) is 45.0 Å². The van der Waals surface area contributed by atoms with Crippen molar-refractivity contribution in [3.05, 3.63) is 47.5 Å². The summed E-state index contributed by atoms with van der Waals surface area (Å²) in [6.07, 6.45) is 2.59. The van der Waals surface area contributed by atoms with Gasteiger partial charge < -0.3 is 9.64 Å². The average Bonchev–Trinajstić information content (AvgIpc) is 3.23. The maximum atomic E-state index is 12.8. The number of hydrogen-bond acceptors (Lipinski definition) is 6. The van der Waals surface area contributed by atoms with Gasteiger partial charge in [-0.25, -0.2) is 19.3 Å². The Morgan fingerprint density at radius 3 is 2.88 bits per heavy atom. The highest BCUT2D eigenvalue weighted by atomic mass is 32.1. The van der Waals surface area contributed by atoms with Crippen molar-refractivity contribution < 1.29 is 13.9 Å². The minimum Gasteiger partial charge on any atom is -0.458 e. The highest BCUT2D eigenvalue weighted by Crippen LogP contribution is 2.24. The van der Waals surface area contributed by atoms with Crippen molar-refractivity contribution in [1.29, 1.82) is 0 Å². The highest BCUT2D eigenvalue weighted by molar-refractivity contribution is 7.20. The zero-order valence-corrected chi connectivity index (χ0v) is 13.4. The Bertz CT molecular complexity index is 850. The van der Waals surface area contributed by atoms with Crippen molar-refractivity contribution in [1.82, 2.24) is 19.9 Å². The summed E-state index contributed by atoms with van der Waals surface area (Å²) in [5, 5.41) is 0.481. The molecule has 3 heterocycles. The number of ether oxygens (including phenoxy) is 1. The lowest BCUT2D eigenvalue weighted by Gasteiger charge is -2.15. The molecule has 122 valence electrons. The summed E-state index contributed by atoms with van der Waals surface area (Å²) in [4.78, 5) is 26.3. The Labute approximate surface area is 140 Å². The third-order valence-corrected chi connectivity index (χ3v) is 4.80. The molecule has 1 aromatic carbocycles. The fourth-order valence-electron chi connectivity index (χ4n) is 2.62. The molecular weight excluding hydrogens is 331 g/mol. The topological polar surface area (TPSA) is 68.2 Å². The molecule has 0 bridgehead atoms. The van der Waals surface area contributed by atoms with Gasteiger partial charge in [-0.15, -0.1) is 11.3 Å². The molecular formula is C16H13FN4O2S. The van der Waals surface area contributed by atoms with Gasteiger partial charge in [0.1, 0.15) is 6.10 Å². The van der Waals surface area contributed by atoms with E-state index >= 15 is 0 Å². The molecule has 8 heteroatoms. The van der Waals surface area contributed by atoms with E-state index in [1.54, 1.807) is 4.90 Å². The number of halogens is 1. The zero-order valence-electron chi connectivity index (χ0n) is 12.6. The van der Waals surface area contributed by atoms with Gasteiger partial charge in [0.2, 0.25) is 0 Å². The van der Waals surface area contributed by atoms with E-state index in [1.165, 1.54) is 11.3 Å². The largest absolute Gasteiger partial charge is 0.458 e. The van der Waals surface area contributed by atoms with Crippen molar-refractivity contribution >= 4 is 27.5 Å². The van der Waals surface area contributed by atoms with Crippen LogP contribution in [0.25, 0.3) is 10.2 Å². The normalized spacial score (nSPS) is 17.4. The van der Waals surface area contributed by atoms with Gasteiger partial charge in [-0.05, 0) is 12.1 Å². The number of fused-ring (bicyclic) bond motifs is 1. The Morgan fingerprint density at radius 2 is 2.08 bits per heavy atom. The van der Waals surface area contributed by atoms with Gasteiger partial charge in [0.15, 0.2) is 10.8 Å². The van der Waals surface area contributed by atoms with E-state index in [9.17, 15) is 9.18 Å². The molecule has 0 unspecified atom stereocenters. The predicted molar refractivity (Wildman–Crippen MR) is 86.5 cm³/mol. The highest BCUT2D eigenvalue weighted by Gasteiger charge is 2.30. The molecule has 4 rings (SSSR count). The SMILES string of the molecule is O=C(c1nc2ccccc2s1)N1CC[C@@H](Oc2ncc(F)cn2)C1. The lowest BCUT2D eigenvalue weighted by molar-refractivity contribution is 0.0769. The average molecular weight is 344 g/mol. The smallest absolute Gasteiger partial charge is 0.316 e. The van der Waals surface area contributed by atoms with Gasteiger partial charge in [0.05, 0.1) is 29.2 Å². The summed E-state index contributed by atoms with van der Waals surface area (Å²) in [5.41, 5.74) is 0.831. The quantitative estimate of drug-likeness (QED) is 0.730. The van der Waals surface area contributed by atoms with E-state index in [4.69, 9.17) is 4.74 Å². The molecule has 3 aromatic rings. The number of carbonyl (C=O) groups is 1. The van der Waals surface area contributed by atoms with Crippen LogP contribution < -0.4 is 4.74 Å². The number of likely N-dealkylation sites (tertiary alicyclic amines) is 1. The van der Waals surface area contributed by atoms with Crippen molar-refractivity contribution in [2.45, 2.75) is 12.5 Å². The summed E-state index contributed by atoms with van der Waals surface area (Å²) in [7, 11) is 0. The molecule has 1 fully saturated rings. The second-order valence-electron chi connectivity index (χ2n) is 5.45. The summed E-state index contributed by atoms with van der Waals surface area (Å²) in [6, 6.07) is 7.79. The minimum absolute atomic E-state index is 0.0951. The van der Waals surface area contributed by atoms with Crippen molar-refractivity contribution in [3.8, 4) is 6.01 Å². The van der Waals surface area contributed by atoms with E-state index in [-0.39, 0.29) is 18.0 Å². The number of aromatic nitrogens is 3. The summed E-state index contributed by atoms with van der Waals surface area (Å²) in [6.45, 7) is 1.02. The van der Waals surface area contributed by atoms with E-state index in [0.717, 1.165) is 22.6 Å². The molecule has 1 saturated heterocycles. The maximum Gasteiger partial charge on any atom is 0.316 e. The van der Waals surface area contributed by atoms with Crippen LogP contribution in [0.4, 0.5) is 4.39 Å². The van der Waals surface area contributed by atoms with Gasteiger partial charge in [0.25, 0.3) is 5.91 Å². The number of carbonyl (C=O) groups excluding carboxylic acids is 1. The molecule has 24 heavy (non-hydrogen) atoms. The molecule has 0 aliphatic carbocycles. The molecule has 1 atom stereocenters. The third-order valence-electron chi connectivity index (χ3n) is 3.78.